The Morgan fingerprint density at radius 2 is 1.80 bits per heavy atom. The van der Waals surface area contributed by atoms with Gasteiger partial charge >= 0.3 is 0 Å². The fourth-order valence-corrected chi connectivity index (χ4v) is 1.80. The molecule has 0 amide bonds. The predicted molar refractivity (Wildman–Crippen MR) is 81.4 cm³/mol. The summed E-state index contributed by atoms with van der Waals surface area (Å²) >= 11 is 0. The number of hydrogen-bond donors (Lipinski definition) is 3. The third-order valence-corrected chi connectivity index (χ3v) is 5.48. The highest BCUT2D eigenvalue weighted by Gasteiger charge is 2.30. The van der Waals surface area contributed by atoms with Gasteiger partial charge in [-0.25, -0.2) is 24.2 Å². The summed E-state index contributed by atoms with van der Waals surface area (Å²) in [5.74, 6) is 7.21. The molecule has 0 saturated heterocycles. The average molecular weight is 301 g/mol. The number of hydrazine groups is 1. The van der Waals surface area contributed by atoms with Gasteiger partial charge in [0.15, 0.2) is 9.84 Å². The van der Waals surface area contributed by atoms with Crippen LogP contribution in [0.4, 0.5) is 11.6 Å². The smallest absolute Gasteiger partial charge is 0.154 e. The van der Waals surface area contributed by atoms with Gasteiger partial charge in [0.05, 0.1) is 4.75 Å². The molecule has 0 atom stereocenters. The lowest BCUT2D eigenvalue weighted by Gasteiger charge is -2.24. The van der Waals surface area contributed by atoms with E-state index in [0.717, 1.165) is 5.56 Å². The van der Waals surface area contributed by atoms with E-state index in [9.17, 15) is 8.42 Å². The maximum atomic E-state index is 11.7. The Labute approximate surface area is 120 Å². The Morgan fingerprint density at radius 3 is 2.25 bits per heavy atom. The van der Waals surface area contributed by atoms with Crippen molar-refractivity contribution < 1.29 is 8.42 Å². The number of nitrogens with two attached hydrogens (primary N) is 1. The van der Waals surface area contributed by atoms with Crippen LogP contribution in [0.3, 0.4) is 0 Å². The molecule has 0 aliphatic rings. The SMILES string of the molecule is CCc1nc(NN)c(C)c(NCC(C)(C)S(C)(=O)=O)n1. The summed E-state index contributed by atoms with van der Waals surface area (Å²) in [5.41, 5.74) is 3.29. The summed E-state index contributed by atoms with van der Waals surface area (Å²) in [6.07, 6.45) is 1.89. The molecule has 1 rings (SSSR count). The zero-order valence-electron chi connectivity index (χ0n) is 12.6. The van der Waals surface area contributed by atoms with E-state index >= 15 is 0 Å². The predicted octanol–water partition coefficient (Wildman–Crippen LogP) is 0.868. The van der Waals surface area contributed by atoms with Crippen molar-refractivity contribution in [1.82, 2.24) is 9.97 Å². The van der Waals surface area contributed by atoms with Crippen molar-refractivity contribution >= 4 is 21.5 Å². The molecule has 0 aliphatic heterocycles. The van der Waals surface area contributed by atoms with E-state index in [2.05, 4.69) is 20.7 Å². The maximum absolute atomic E-state index is 11.7. The Kier molecular flexibility index (Phi) is 4.93. The summed E-state index contributed by atoms with van der Waals surface area (Å²) in [5, 5.41) is 3.08. The highest BCUT2D eigenvalue weighted by Crippen LogP contribution is 2.22. The molecule has 0 fully saturated rings. The number of anilines is 2. The van der Waals surface area contributed by atoms with E-state index in [1.165, 1.54) is 6.26 Å². The second-order valence-electron chi connectivity index (χ2n) is 5.35. The van der Waals surface area contributed by atoms with Crippen molar-refractivity contribution in [3.8, 4) is 0 Å². The van der Waals surface area contributed by atoms with Gasteiger partial charge in [0.1, 0.15) is 17.5 Å². The summed E-state index contributed by atoms with van der Waals surface area (Å²) in [4.78, 5) is 8.63. The van der Waals surface area contributed by atoms with Gasteiger partial charge < -0.3 is 10.7 Å². The van der Waals surface area contributed by atoms with Crippen LogP contribution in [0.5, 0.6) is 0 Å². The molecule has 0 aromatic carbocycles. The van der Waals surface area contributed by atoms with Crippen LogP contribution in [0.1, 0.15) is 32.2 Å². The molecule has 8 heteroatoms. The molecule has 0 bridgehead atoms. The summed E-state index contributed by atoms with van der Waals surface area (Å²) < 4.78 is 22.5. The van der Waals surface area contributed by atoms with Crippen molar-refractivity contribution in [2.75, 3.05) is 23.5 Å². The van der Waals surface area contributed by atoms with Crippen LogP contribution in [0, 0.1) is 6.92 Å². The molecule has 4 N–H and O–H groups in total. The Hall–Kier alpha value is -1.41. The Morgan fingerprint density at radius 1 is 1.25 bits per heavy atom. The van der Waals surface area contributed by atoms with Gasteiger partial charge in [0, 0.05) is 24.8 Å². The summed E-state index contributed by atoms with van der Waals surface area (Å²) in [7, 11) is -3.16. The third-order valence-electron chi connectivity index (χ3n) is 3.33. The Bertz CT molecular complexity index is 584. The van der Waals surface area contributed by atoms with Crippen LogP contribution in [-0.2, 0) is 16.3 Å². The van der Waals surface area contributed by atoms with Crippen molar-refractivity contribution in [2.45, 2.75) is 38.9 Å². The van der Waals surface area contributed by atoms with Crippen LogP contribution in [0.15, 0.2) is 0 Å². The fourth-order valence-electron chi connectivity index (χ4n) is 1.46. The van der Waals surface area contributed by atoms with Crippen LogP contribution in [-0.4, -0.2) is 35.9 Å². The molecule has 114 valence electrons. The topological polar surface area (TPSA) is 110 Å². The summed E-state index contributed by atoms with van der Waals surface area (Å²) in [6, 6.07) is 0. The number of sulfone groups is 1. The van der Waals surface area contributed by atoms with E-state index in [4.69, 9.17) is 5.84 Å². The minimum Gasteiger partial charge on any atom is -0.368 e. The first-order valence-corrected chi connectivity index (χ1v) is 8.29. The van der Waals surface area contributed by atoms with E-state index in [-0.39, 0.29) is 6.54 Å². The fraction of sp³-hybridized carbons (Fsp3) is 0.667. The molecule has 0 unspecified atom stereocenters. The minimum absolute atomic E-state index is 0.261. The third kappa shape index (κ3) is 3.57. The number of nitrogens with zero attached hydrogens (tertiary/aromatic N) is 2. The second-order valence-corrected chi connectivity index (χ2v) is 7.99. The first-order chi connectivity index (χ1) is 9.12. The van der Waals surface area contributed by atoms with Crippen LogP contribution in [0.2, 0.25) is 0 Å². The molecule has 0 saturated carbocycles. The van der Waals surface area contributed by atoms with Gasteiger partial charge in [-0.1, -0.05) is 6.92 Å². The van der Waals surface area contributed by atoms with Crippen LogP contribution >= 0.6 is 0 Å². The van der Waals surface area contributed by atoms with E-state index in [1.54, 1.807) is 13.8 Å². The van der Waals surface area contributed by atoms with Gasteiger partial charge in [-0.15, -0.1) is 0 Å². The normalized spacial score (nSPS) is 12.3. The molecule has 0 spiro atoms. The molecular formula is C12H23N5O2S. The second kappa shape index (κ2) is 5.92. The van der Waals surface area contributed by atoms with Crippen LogP contribution in [0.25, 0.3) is 0 Å². The maximum Gasteiger partial charge on any atom is 0.154 e. The average Bonchev–Trinajstić information content (AvgIpc) is 2.36. The first kappa shape index (κ1) is 16.6. The highest BCUT2D eigenvalue weighted by molar-refractivity contribution is 7.92. The molecule has 0 radical (unpaired) electrons. The molecule has 0 aliphatic carbocycles. The lowest BCUT2D eigenvalue weighted by molar-refractivity contribution is 0.559. The summed E-state index contributed by atoms with van der Waals surface area (Å²) in [6.45, 7) is 7.37. The zero-order valence-corrected chi connectivity index (χ0v) is 13.4. The lowest BCUT2D eigenvalue weighted by Crippen LogP contribution is -2.38. The number of hydrogen-bond acceptors (Lipinski definition) is 7. The standard InChI is InChI=1S/C12H23N5O2S/c1-6-9-15-10(8(2)11(16-9)17-13)14-7-12(3,4)20(5,18)19/h6-7,13H2,1-5H3,(H2,14,15,16,17). The highest BCUT2D eigenvalue weighted by atomic mass is 32.2. The van der Waals surface area contributed by atoms with Crippen molar-refractivity contribution in [1.29, 1.82) is 0 Å². The van der Waals surface area contributed by atoms with Crippen molar-refractivity contribution in [3.63, 3.8) is 0 Å². The zero-order chi connectivity index (χ0) is 15.6. The number of aromatic nitrogens is 2. The monoisotopic (exact) mass is 301 g/mol. The van der Waals surface area contributed by atoms with Gasteiger partial charge in [-0.2, -0.15) is 0 Å². The number of aryl methyl sites for hydroxylation is 1. The van der Waals surface area contributed by atoms with Gasteiger partial charge in [-0.05, 0) is 20.8 Å². The lowest BCUT2D eigenvalue weighted by atomic mass is 10.2. The first-order valence-electron chi connectivity index (χ1n) is 6.40. The largest absolute Gasteiger partial charge is 0.368 e. The molecular weight excluding hydrogens is 278 g/mol. The quantitative estimate of drug-likeness (QED) is 0.528. The van der Waals surface area contributed by atoms with Crippen LogP contribution < -0.4 is 16.6 Å². The van der Waals surface area contributed by atoms with Crippen molar-refractivity contribution in [3.05, 3.63) is 11.4 Å². The number of nitrogen functional groups attached to an aromatic ring is 1. The van der Waals surface area contributed by atoms with E-state index in [0.29, 0.717) is 23.9 Å². The Balaban J connectivity index is 3.04. The molecule has 7 nitrogen and oxygen atoms in total. The van der Waals surface area contributed by atoms with Gasteiger partial charge in [0.25, 0.3) is 0 Å². The van der Waals surface area contributed by atoms with E-state index in [1.807, 2.05) is 13.8 Å². The van der Waals surface area contributed by atoms with E-state index < -0.39 is 14.6 Å². The molecule has 20 heavy (non-hydrogen) atoms. The van der Waals surface area contributed by atoms with Crippen molar-refractivity contribution in [2.24, 2.45) is 5.84 Å². The van der Waals surface area contributed by atoms with Gasteiger partial charge in [-0.3, -0.25) is 0 Å². The molecule has 1 aromatic heterocycles. The minimum atomic E-state index is -3.16. The van der Waals surface area contributed by atoms with Gasteiger partial charge in [0.2, 0.25) is 0 Å². The number of nitrogens with one attached hydrogen (secondary N) is 2. The number of rotatable bonds is 6. The molecule has 1 aromatic rings. The molecule has 1 heterocycles.